The minimum atomic E-state index is -2.47. The van der Waals surface area contributed by atoms with E-state index in [1.54, 1.807) is 0 Å². The van der Waals surface area contributed by atoms with Crippen LogP contribution in [0.15, 0.2) is 0 Å². The molecule has 24 heavy (non-hydrogen) atoms. The molecule has 0 aliphatic rings. The van der Waals surface area contributed by atoms with Crippen LogP contribution in [0.4, 0.5) is 0 Å². The van der Waals surface area contributed by atoms with Gasteiger partial charge in [0.25, 0.3) is 0 Å². The lowest BCUT2D eigenvalue weighted by atomic mass is 10.4. The van der Waals surface area contributed by atoms with Gasteiger partial charge < -0.3 is 28.0 Å². The second-order valence-corrected chi connectivity index (χ2v) is 6.18. The molecular weight excluding hydrogens is 335 g/mol. The molecule has 8 heteroatoms. The lowest BCUT2D eigenvalue weighted by Crippen LogP contribution is -2.09. The van der Waals surface area contributed by atoms with Crippen molar-refractivity contribution in [1.82, 2.24) is 0 Å². The third-order valence-corrected chi connectivity index (χ3v) is 3.80. The molecule has 0 amide bonds. The van der Waals surface area contributed by atoms with Gasteiger partial charge in [-0.05, 0) is 12.8 Å². The van der Waals surface area contributed by atoms with Gasteiger partial charge in [0.15, 0.2) is 0 Å². The Balaban J connectivity index is 3.13. The Labute approximate surface area is 147 Å². The van der Waals surface area contributed by atoms with E-state index in [0.717, 1.165) is 38.9 Å². The summed E-state index contributed by atoms with van der Waals surface area (Å²) in [5, 5.41) is 0. The lowest BCUT2D eigenvalue weighted by Gasteiger charge is -2.08. The standard InChI is InChI=1S/C16H35O7P/c1-3-5-7-18-9-11-20-13-15-22-24(17)23-16-14-21-12-10-19-8-6-4-2/h24H,3-16H2,1-2H3. The third-order valence-electron chi connectivity index (χ3n) is 2.92. The number of unbranched alkanes of at least 4 members (excludes halogenated alkanes) is 2. The summed E-state index contributed by atoms with van der Waals surface area (Å²) in [6.45, 7) is 9.22. The maximum atomic E-state index is 11.4. The van der Waals surface area contributed by atoms with Crippen LogP contribution in [0.5, 0.6) is 0 Å². The van der Waals surface area contributed by atoms with Crippen LogP contribution in [0, 0.1) is 0 Å². The third kappa shape index (κ3) is 20.0. The van der Waals surface area contributed by atoms with Crippen molar-refractivity contribution in [3.8, 4) is 0 Å². The normalized spacial score (nSPS) is 11.5. The molecule has 0 fully saturated rings. The summed E-state index contributed by atoms with van der Waals surface area (Å²) in [5.74, 6) is 0. The molecule has 0 saturated carbocycles. The van der Waals surface area contributed by atoms with Crippen LogP contribution in [0.1, 0.15) is 39.5 Å². The highest BCUT2D eigenvalue weighted by molar-refractivity contribution is 7.33. The zero-order valence-corrected chi connectivity index (χ0v) is 16.3. The smallest absolute Gasteiger partial charge is 0.319 e. The molecule has 146 valence electrons. The van der Waals surface area contributed by atoms with Gasteiger partial charge in [-0.15, -0.1) is 0 Å². The van der Waals surface area contributed by atoms with Crippen molar-refractivity contribution < 1.29 is 32.6 Å². The predicted octanol–water partition coefficient (Wildman–Crippen LogP) is 3.08. The summed E-state index contributed by atoms with van der Waals surface area (Å²) in [6, 6.07) is 0. The first kappa shape index (κ1) is 24.0. The van der Waals surface area contributed by atoms with Gasteiger partial charge in [-0.3, -0.25) is 4.57 Å². The van der Waals surface area contributed by atoms with Gasteiger partial charge in [-0.25, -0.2) is 0 Å². The van der Waals surface area contributed by atoms with E-state index in [-0.39, 0.29) is 13.2 Å². The second kappa shape index (κ2) is 21.0. The molecule has 0 N–H and O–H groups in total. The summed E-state index contributed by atoms with van der Waals surface area (Å²) in [5.41, 5.74) is 0. The monoisotopic (exact) mass is 370 g/mol. The largest absolute Gasteiger partial charge is 0.379 e. The molecule has 0 aromatic heterocycles. The molecule has 0 aliphatic heterocycles. The van der Waals surface area contributed by atoms with Crippen LogP contribution in [-0.2, 0) is 32.6 Å². The number of hydrogen-bond donors (Lipinski definition) is 0. The Morgan fingerprint density at radius 3 is 1.25 bits per heavy atom. The SMILES string of the molecule is CCCCOCCOCCO[PH](=O)OCCOCCOCCCC. The minimum absolute atomic E-state index is 0.249. The highest BCUT2D eigenvalue weighted by atomic mass is 31.1. The highest BCUT2D eigenvalue weighted by Gasteiger charge is 2.00. The van der Waals surface area contributed by atoms with Gasteiger partial charge in [0, 0.05) is 13.2 Å². The van der Waals surface area contributed by atoms with Gasteiger partial charge in [-0.2, -0.15) is 0 Å². The van der Waals surface area contributed by atoms with Gasteiger partial charge in [-0.1, -0.05) is 26.7 Å². The topological polar surface area (TPSA) is 72.5 Å². The van der Waals surface area contributed by atoms with Crippen LogP contribution >= 0.6 is 8.25 Å². The zero-order chi connectivity index (χ0) is 17.7. The van der Waals surface area contributed by atoms with E-state index in [2.05, 4.69) is 13.8 Å². The molecular formula is C16H35O7P. The molecule has 0 aliphatic carbocycles. The average Bonchev–Trinajstić information content (AvgIpc) is 2.59. The van der Waals surface area contributed by atoms with Crippen molar-refractivity contribution in [2.45, 2.75) is 39.5 Å². The van der Waals surface area contributed by atoms with Gasteiger partial charge in [0.2, 0.25) is 0 Å². The van der Waals surface area contributed by atoms with Crippen molar-refractivity contribution in [3.05, 3.63) is 0 Å². The van der Waals surface area contributed by atoms with Gasteiger partial charge in [0.1, 0.15) is 0 Å². The molecule has 0 heterocycles. The van der Waals surface area contributed by atoms with E-state index in [9.17, 15) is 4.57 Å². The van der Waals surface area contributed by atoms with Crippen LogP contribution in [0.3, 0.4) is 0 Å². The molecule has 0 aromatic rings. The number of ether oxygens (including phenoxy) is 4. The second-order valence-electron chi connectivity index (χ2n) is 5.10. The van der Waals surface area contributed by atoms with Crippen molar-refractivity contribution in [2.75, 3.05) is 66.1 Å². The van der Waals surface area contributed by atoms with Crippen LogP contribution in [-0.4, -0.2) is 66.1 Å². The Kier molecular flexibility index (Phi) is 21.0. The van der Waals surface area contributed by atoms with Crippen LogP contribution in [0.25, 0.3) is 0 Å². The van der Waals surface area contributed by atoms with Crippen molar-refractivity contribution in [3.63, 3.8) is 0 Å². The van der Waals surface area contributed by atoms with E-state index in [1.807, 2.05) is 0 Å². The van der Waals surface area contributed by atoms with E-state index < -0.39 is 8.25 Å². The first-order valence-corrected chi connectivity index (χ1v) is 10.1. The summed E-state index contributed by atoms with van der Waals surface area (Å²) >= 11 is 0. The first-order valence-electron chi connectivity index (χ1n) is 8.91. The van der Waals surface area contributed by atoms with Crippen molar-refractivity contribution in [2.24, 2.45) is 0 Å². The molecule has 7 nitrogen and oxygen atoms in total. The summed E-state index contributed by atoms with van der Waals surface area (Å²) < 4.78 is 42.8. The minimum Gasteiger partial charge on any atom is -0.379 e. The first-order chi connectivity index (χ1) is 11.8. The molecule has 0 radical (unpaired) electrons. The molecule has 0 unspecified atom stereocenters. The number of rotatable bonds is 20. The molecule has 0 atom stereocenters. The number of hydrogen-bond acceptors (Lipinski definition) is 7. The Morgan fingerprint density at radius 2 is 0.875 bits per heavy atom. The Hall–Kier alpha value is -0.0100. The van der Waals surface area contributed by atoms with Gasteiger partial charge in [0.05, 0.1) is 52.9 Å². The summed E-state index contributed by atoms with van der Waals surface area (Å²) in [6.07, 6.45) is 4.39. The maximum absolute atomic E-state index is 11.4. The molecule has 0 rings (SSSR count). The summed E-state index contributed by atoms with van der Waals surface area (Å²) in [7, 11) is -2.47. The molecule has 0 saturated heterocycles. The van der Waals surface area contributed by atoms with E-state index in [0.29, 0.717) is 39.6 Å². The van der Waals surface area contributed by atoms with E-state index >= 15 is 0 Å². The Bertz CT molecular complexity index is 243. The molecule has 0 spiro atoms. The molecule has 0 bridgehead atoms. The maximum Gasteiger partial charge on any atom is 0.319 e. The predicted molar refractivity (Wildman–Crippen MR) is 94.0 cm³/mol. The van der Waals surface area contributed by atoms with E-state index in [1.165, 1.54) is 0 Å². The fourth-order valence-electron chi connectivity index (χ4n) is 1.55. The van der Waals surface area contributed by atoms with Gasteiger partial charge >= 0.3 is 8.25 Å². The van der Waals surface area contributed by atoms with Crippen molar-refractivity contribution >= 4 is 8.25 Å². The highest BCUT2D eigenvalue weighted by Crippen LogP contribution is 2.22. The fraction of sp³-hybridized carbons (Fsp3) is 1.00. The lowest BCUT2D eigenvalue weighted by molar-refractivity contribution is 0.0280. The van der Waals surface area contributed by atoms with Crippen LogP contribution in [0.2, 0.25) is 0 Å². The quantitative estimate of drug-likeness (QED) is 0.241. The Morgan fingerprint density at radius 1 is 0.542 bits per heavy atom. The zero-order valence-electron chi connectivity index (χ0n) is 15.3. The van der Waals surface area contributed by atoms with E-state index in [4.69, 9.17) is 28.0 Å². The summed E-state index contributed by atoms with van der Waals surface area (Å²) in [4.78, 5) is 0. The van der Waals surface area contributed by atoms with Crippen molar-refractivity contribution in [1.29, 1.82) is 0 Å². The average molecular weight is 370 g/mol. The van der Waals surface area contributed by atoms with Crippen LogP contribution < -0.4 is 0 Å². The molecule has 0 aromatic carbocycles. The fourth-order valence-corrected chi connectivity index (χ4v) is 2.13.